The number of fused-ring (bicyclic) bond motifs is 1. The second-order valence-corrected chi connectivity index (χ2v) is 5.76. The van der Waals surface area contributed by atoms with Gasteiger partial charge in [0.25, 0.3) is 0 Å². The first-order chi connectivity index (χ1) is 12.6. The number of guanidine groups is 1. The highest BCUT2D eigenvalue weighted by Crippen LogP contribution is 2.28. The summed E-state index contributed by atoms with van der Waals surface area (Å²) in [5, 5.41) is 3.07. The van der Waals surface area contributed by atoms with Gasteiger partial charge in [0.1, 0.15) is 17.3 Å². The fraction of sp³-hybridized carbons (Fsp3) is 0.263. The molecule has 3 N–H and O–H groups in total. The Bertz CT molecular complexity index is 933. The summed E-state index contributed by atoms with van der Waals surface area (Å²) in [4.78, 5) is 8.97. The lowest BCUT2D eigenvalue weighted by Crippen LogP contribution is -2.23. The number of methoxy groups -OCH3 is 2. The number of benzene rings is 2. The normalized spacial score (nSPS) is 11.6. The van der Waals surface area contributed by atoms with E-state index in [1.165, 1.54) is 0 Å². The molecule has 0 unspecified atom stereocenters. The van der Waals surface area contributed by atoms with E-state index in [2.05, 4.69) is 25.9 Å². The minimum Gasteiger partial charge on any atom is -0.497 e. The van der Waals surface area contributed by atoms with Crippen molar-refractivity contribution < 1.29 is 9.47 Å². The lowest BCUT2D eigenvalue weighted by molar-refractivity contribution is 0.405. The monoisotopic (exact) mass is 353 g/mol. The number of anilines is 1. The average Bonchev–Trinajstić information content (AvgIpc) is 2.97. The maximum atomic E-state index is 6.03. The van der Waals surface area contributed by atoms with Crippen molar-refractivity contribution in [3.05, 3.63) is 48.3 Å². The third kappa shape index (κ3) is 3.72. The number of nitrogens with two attached hydrogens (primary N) is 1. The first-order valence-corrected chi connectivity index (χ1v) is 8.33. The number of para-hydroxylation sites is 2. The van der Waals surface area contributed by atoms with Gasteiger partial charge in [-0.25, -0.2) is 4.98 Å². The molecule has 0 spiro atoms. The molecule has 26 heavy (non-hydrogen) atoms. The zero-order chi connectivity index (χ0) is 18.5. The Morgan fingerprint density at radius 1 is 1.19 bits per heavy atom. The highest BCUT2D eigenvalue weighted by Gasteiger charge is 2.07. The van der Waals surface area contributed by atoms with Crippen molar-refractivity contribution in [2.24, 2.45) is 10.7 Å². The van der Waals surface area contributed by atoms with Gasteiger partial charge in [-0.1, -0.05) is 12.1 Å². The molecule has 0 aliphatic rings. The summed E-state index contributed by atoms with van der Waals surface area (Å²) in [5.41, 5.74) is 8.82. The van der Waals surface area contributed by atoms with Crippen LogP contribution in [-0.4, -0.2) is 36.3 Å². The zero-order valence-electron chi connectivity index (χ0n) is 15.2. The molecule has 0 atom stereocenters. The molecule has 3 aromatic rings. The fourth-order valence-corrected chi connectivity index (χ4v) is 2.84. The van der Waals surface area contributed by atoms with Crippen LogP contribution in [0.1, 0.15) is 5.82 Å². The molecule has 136 valence electrons. The molecule has 0 saturated heterocycles. The second kappa shape index (κ2) is 7.77. The lowest BCUT2D eigenvalue weighted by atomic mass is 10.2. The number of aryl methyl sites for hydroxylation is 1. The molecule has 7 heteroatoms. The highest BCUT2D eigenvalue weighted by atomic mass is 16.5. The number of hydrogen-bond donors (Lipinski definition) is 2. The quantitative estimate of drug-likeness (QED) is 0.526. The molecule has 0 amide bonds. The van der Waals surface area contributed by atoms with Gasteiger partial charge in [-0.05, 0) is 31.2 Å². The summed E-state index contributed by atoms with van der Waals surface area (Å²) in [6.07, 6.45) is 0. The van der Waals surface area contributed by atoms with E-state index >= 15 is 0 Å². The summed E-state index contributed by atoms with van der Waals surface area (Å²) < 4.78 is 12.7. The number of aliphatic imine (C=N–C) groups is 1. The van der Waals surface area contributed by atoms with Crippen LogP contribution in [-0.2, 0) is 6.54 Å². The molecule has 1 heterocycles. The summed E-state index contributed by atoms with van der Waals surface area (Å²) >= 11 is 0. The van der Waals surface area contributed by atoms with E-state index in [1.54, 1.807) is 14.2 Å². The number of ether oxygens (including phenoxy) is 2. The predicted octanol–water partition coefficient (Wildman–Crippen LogP) is 2.79. The molecule has 0 aliphatic carbocycles. The molecule has 7 nitrogen and oxygen atoms in total. The van der Waals surface area contributed by atoms with Gasteiger partial charge in [-0.2, -0.15) is 0 Å². The maximum absolute atomic E-state index is 6.03. The number of nitrogens with zero attached hydrogens (tertiary/aromatic N) is 3. The second-order valence-electron chi connectivity index (χ2n) is 5.76. The third-order valence-electron chi connectivity index (χ3n) is 4.12. The lowest BCUT2D eigenvalue weighted by Gasteiger charge is -2.12. The first kappa shape index (κ1) is 17.6. The number of nitrogens with one attached hydrogen (secondary N) is 1. The fourth-order valence-electron chi connectivity index (χ4n) is 2.84. The van der Waals surface area contributed by atoms with Crippen LogP contribution in [0.5, 0.6) is 11.5 Å². The molecular formula is C19H23N5O2. The number of aromatic nitrogens is 2. The van der Waals surface area contributed by atoms with Crippen molar-refractivity contribution >= 4 is 22.7 Å². The van der Waals surface area contributed by atoms with Gasteiger partial charge in [-0.15, -0.1) is 0 Å². The standard InChI is InChI=1S/C19H23N5O2/c1-13-22-15-6-4-5-7-17(15)24(13)11-10-21-19(20)23-16-12-14(25-2)8-9-18(16)26-3/h4-9,12H,10-11H2,1-3H3,(H3,20,21,23). The Kier molecular flexibility index (Phi) is 5.26. The van der Waals surface area contributed by atoms with Crippen LogP contribution in [0.3, 0.4) is 0 Å². The van der Waals surface area contributed by atoms with Crippen LogP contribution < -0.4 is 20.5 Å². The Morgan fingerprint density at radius 3 is 2.77 bits per heavy atom. The number of rotatable bonds is 6. The van der Waals surface area contributed by atoms with Gasteiger partial charge < -0.3 is 25.1 Å². The molecule has 0 saturated carbocycles. The van der Waals surface area contributed by atoms with Crippen LogP contribution in [0.15, 0.2) is 47.5 Å². The molecule has 0 radical (unpaired) electrons. The topological polar surface area (TPSA) is 86.7 Å². The third-order valence-corrected chi connectivity index (χ3v) is 4.12. The van der Waals surface area contributed by atoms with E-state index in [9.17, 15) is 0 Å². The van der Waals surface area contributed by atoms with E-state index in [0.717, 1.165) is 16.9 Å². The van der Waals surface area contributed by atoms with Crippen LogP contribution in [0.25, 0.3) is 11.0 Å². The molecule has 0 fully saturated rings. The van der Waals surface area contributed by atoms with E-state index < -0.39 is 0 Å². The zero-order valence-corrected chi connectivity index (χ0v) is 15.2. The predicted molar refractivity (Wildman–Crippen MR) is 104 cm³/mol. The smallest absolute Gasteiger partial charge is 0.193 e. The Morgan fingerprint density at radius 2 is 2.00 bits per heavy atom. The van der Waals surface area contributed by atoms with Crippen molar-refractivity contribution in [2.45, 2.75) is 13.5 Å². The maximum Gasteiger partial charge on any atom is 0.193 e. The molecule has 0 aliphatic heterocycles. The SMILES string of the molecule is COc1ccc(OC)c(NC(N)=NCCn2c(C)nc3ccccc32)c1. The summed E-state index contributed by atoms with van der Waals surface area (Å²) in [6.45, 7) is 3.22. The van der Waals surface area contributed by atoms with Gasteiger partial charge >= 0.3 is 0 Å². The van der Waals surface area contributed by atoms with E-state index in [-0.39, 0.29) is 0 Å². The van der Waals surface area contributed by atoms with Crippen molar-refractivity contribution in [3.8, 4) is 11.5 Å². The van der Waals surface area contributed by atoms with Crippen LogP contribution in [0.2, 0.25) is 0 Å². The molecule has 1 aromatic heterocycles. The molecular weight excluding hydrogens is 330 g/mol. The van der Waals surface area contributed by atoms with Crippen molar-refractivity contribution in [3.63, 3.8) is 0 Å². The summed E-state index contributed by atoms with van der Waals surface area (Å²) in [7, 11) is 3.22. The largest absolute Gasteiger partial charge is 0.497 e. The summed E-state index contributed by atoms with van der Waals surface area (Å²) in [5.74, 6) is 2.66. The van der Waals surface area contributed by atoms with Crippen LogP contribution in [0, 0.1) is 6.92 Å². The van der Waals surface area contributed by atoms with Crippen molar-refractivity contribution in [1.82, 2.24) is 9.55 Å². The van der Waals surface area contributed by atoms with Gasteiger partial charge in [-0.3, -0.25) is 4.99 Å². The Labute approximate surface area is 152 Å². The number of hydrogen-bond acceptors (Lipinski definition) is 4. The molecule has 0 bridgehead atoms. The van der Waals surface area contributed by atoms with E-state index in [0.29, 0.717) is 36.2 Å². The Hall–Kier alpha value is -3.22. The van der Waals surface area contributed by atoms with Gasteiger partial charge in [0.15, 0.2) is 5.96 Å². The van der Waals surface area contributed by atoms with E-state index in [4.69, 9.17) is 15.2 Å². The van der Waals surface area contributed by atoms with Crippen molar-refractivity contribution in [1.29, 1.82) is 0 Å². The van der Waals surface area contributed by atoms with Gasteiger partial charge in [0, 0.05) is 12.6 Å². The van der Waals surface area contributed by atoms with Crippen LogP contribution in [0.4, 0.5) is 5.69 Å². The molecule has 2 aromatic carbocycles. The minimum atomic E-state index is 0.318. The summed E-state index contributed by atoms with van der Waals surface area (Å²) in [6, 6.07) is 13.5. The van der Waals surface area contributed by atoms with Gasteiger partial charge in [0.05, 0.1) is 37.5 Å². The number of imidazole rings is 1. The van der Waals surface area contributed by atoms with E-state index in [1.807, 2.05) is 43.3 Å². The molecule has 3 rings (SSSR count). The first-order valence-electron chi connectivity index (χ1n) is 8.33. The Balaban J connectivity index is 1.70. The van der Waals surface area contributed by atoms with Crippen molar-refractivity contribution in [2.75, 3.05) is 26.1 Å². The highest BCUT2D eigenvalue weighted by molar-refractivity contribution is 5.94. The minimum absolute atomic E-state index is 0.318. The van der Waals surface area contributed by atoms with Gasteiger partial charge in [0.2, 0.25) is 0 Å². The average molecular weight is 353 g/mol. The van der Waals surface area contributed by atoms with Crippen LogP contribution >= 0.6 is 0 Å².